The summed E-state index contributed by atoms with van der Waals surface area (Å²) in [6.45, 7) is 7.71. The lowest BCUT2D eigenvalue weighted by atomic mass is 10.1. The summed E-state index contributed by atoms with van der Waals surface area (Å²) in [6, 6.07) is 0. The number of carbonyl (C=O) groups excluding carboxylic acids is 2. The first-order valence-electron chi connectivity index (χ1n) is 22.5. The minimum absolute atomic E-state index is 0.0791. The van der Waals surface area contributed by atoms with E-state index in [0.717, 1.165) is 57.8 Å². The fourth-order valence-electron chi connectivity index (χ4n) is 6.23. The third-order valence-electron chi connectivity index (χ3n) is 9.63. The van der Waals surface area contributed by atoms with Gasteiger partial charge in [-0.25, -0.2) is 0 Å². The Kier molecular flexibility index (Phi) is 42.0. The van der Waals surface area contributed by atoms with Crippen molar-refractivity contribution in [2.45, 2.75) is 232 Å². The van der Waals surface area contributed by atoms with Gasteiger partial charge in [-0.05, 0) is 64.2 Å². The summed E-state index contributed by atoms with van der Waals surface area (Å²) in [5.74, 6) is -0.412. The van der Waals surface area contributed by atoms with Gasteiger partial charge in [-0.3, -0.25) is 9.59 Å². The molecule has 0 saturated carbocycles. The molecule has 5 heteroatoms. The molecule has 0 aromatic rings. The van der Waals surface area contributed by atoms with Gasteiger partial charge in [0.25, 0.3) is 0 Å². The maximum absolute atomic E-state index is 12.7. The zero-order valence-electron chi connectivity index (χ0n) is 34.8. The Balaban J connectivity index is 4.26. The molecule has 0 rings (SSSR count). The molecule has 0 radical (unpaired) electrons. The van der Waals surface area contributed by atoms with Gasteiger partial charge in [-0.15, -0.1) is 0 Å². The number of ether oxygens (including phenoxy) is 3. The van der Waals surface area contributed by atoms with Gasteiger partial charge in [-0.1, -0.05) is 186 Å². The first-order chi connectivity index (χ1) is 25.6. The minimum atomic E-state index is -0.537. The van der Waals surface area contributed by atoms with E-state index < -0.39 is 6.10 Å². The standard InChI is InChI=1S/C47H86O5/c1-4-7-10-13-16-19-22-24-26-28-31-34-37-40-46(48)51-44-45(43-50-42-39-36-33-30-27-23-20-17-14-11-8-5-2)52-47(49)41-38-35-32-29-25-21-18-15-12-9-6-3/h10,13-14,17,19,22,45H,4-9,11-12,15-16,18,20-21,23-44H2,1-3H3/b13-10-,17-14-,22-19-. The van der Waals surface area contributed by atoms with Crippen molar-refractivity contribution in [2.75, 3.05) is 19.8 Å². The summed E-state index contributed by atoms with van der Waals surface area (Å²) in [4.78, 5) is 25.2. The molecule has 5 nitrogen and oxygen atoms in total. The van der Waals surface area contributed by atoms with Crippen LogP contribution in [-0.4, -0.2) is 37.9 Å². The first kappa shape index (κ1) is 50.1. The summed E-state index contributed by atoms with van der Waals surface area (Å²) in [7, 11) is 0. The van der Waals surface area contributed by atoms with E-state index in [9.17, 15) is 9.59 Å². The Morgan fingerprint density at radius 2 is 0.865 bits per heavy atom. The lowest BCUT2D eigenvalue weighted by molar-refractivity contribution is -0.163. The molecule has 0 aliphatic carbocycles. The predicted molar refractivity (Wildman–Crippen MR) is 224 cm³/mol. The Morgan fingerprint density at radius 1 is 0.423 bits per heavy atom. The molecular formula is C47H86O5. The summed E-state index contributed by atoms with van der Waals surface area (Å²) in [5, 5.41) is 0. The van der Waals surface area contributed by atoms with Crippen LogP contribution < -0.4 is 0 Å². The zero-order chi connectivity index (χ0) is 37.8. The van der Waals surface area contributed by atoms with Crippen molar-refractivity contribution in [1.82, 2.24) is 0 Å². The normalized spacial score (nSPS) is 12.4. The molecule has 0 aliphatic heterocycles. The molecule has 0 heterocycles. The SMILES string of the molecule is CCC/C=C\C/C=C\CCCCCCCC(=O)OCC(COCCCCCCCC/C=C\CCCC)OC(=O)CCCCCCCCCCCCC. The van der Waals surface area contributed by atoms with Crippen LogP contribution >= 0.6 is 0 Å². The third kappa shape index (κ3) is 40.9. The molecule has 52 heavy (non-hydrogen) atoms. The molecule has 0 aromatic heterocycles. The molecule has 0 aliphatic rings. The largest absolute Gasteiger partial charge is 0.462 e. The molecule has 0 amide bonds. The molecule has 304 valence electrons. The topological polar surface area (TPSA) is 61.8 Å². The van der Waals surface area contributed by atoms with E-state index in [4.69, 9.17) is 14.2 Å². The second-order valence-electron chi connectivity index (χ2n) is 15.0. The molecule has 0 fully saturated rings. The van der Waals surface area contributed by atoms with Crippen LogP contribution in [-0.2, 0) is 23.8 Å². The van der Waals surface area contributed by atoms with Crippen molar-refractivity contribution in [3.05, 3.63) is 36.5 Å². The zero-order valence-corrected chi connectivity index (χ0v) is 34.8. The number of hydrogen-bond acceptors (Lipinski definition) is 5. The monoisotopic (exact) mass is 731 g/mol. The molecule has 0 spiro atoms. The number of carbonyl (C=O) groups is 2. The average Bonchev–Trinajstić information content (AvgIpc) is 3.14. The number of unbranched alkanes of at least 4 members (excludes halogenated alkanes) is 24. The van der Waals surface area contributed by atoms with E-state index in [2.05, 4.69) is 57.2 Å². The fraction of sp³-hybridized carbons (Fsp3) is 0.830. The Morgan fingerprint density at radius 3 is 1.42 bits per heavy atom. The van der Waals surface area contributed by atoms with E-state index >= 15 is 0 Å². The molecule has 1 atom stereocenters. The van der Waals surface area contributed by atoms with Crippen LogP contribution in [0.25, 0.3) is 0 Å². The van der Waals surface area contributed by atoms with Gasteiger partial charge in [-0.2, -0.15) is 0 Å². The minimum Gasteiger partial charge on any atom is -0.462 e. The highest BCUT2D eigenvalue weighted by Crippen LogP contribution is 2.14. The Bertz CT molecular complexity index is 832. The predicted octanol–water partition coefficient (Wildman–Crippen LogP) is 14.7. The van der Waals surface area contributed by atoms with Gasteiger partial charge in [0, 0.05) is 19.4 Å². The van der Waals surface area contributed by atoms with Crippen molar-refractivity contribution in [1.29, 1.82) is 0 Å². The van der Waals surface area contributed by atoms with Gasteiger partial charge in [0.1, 0.15) is 6.61 Å². The highest BCUT2D eigenvalue weighted by molar-refractivity contribution is 5.70. The van der Waals surface area contributed by atoms with Gasteiger partial charge < -0.3 is 14.2 Å². The second kappa shape index (κ2) is 43.5. The van der Waals surface area contributed by atoms with Crippen molar-refractivity contribution in [3.8, 4) is 0 Å². The molecule has 0 aromatic carbocycles. The van der Waals surface area contributed by atoms with Gasteiger partial charge in [0.15, 0.2) is 6.10 Å². The van der Waals surface area contributed by atoms with Crippen LogP contribution in [0.3, 0.4) is 0 Å². The van der Waals surface area contributed by atoms with E-state index in [1.165, 1.54) is 135 Å². The highest BCUT2D eigenvalue weighted by Gasteiger charge is 2.17. The van der Waals surface area contributed by atoms with Crippen molar-refractivity contribution < 1.29 is 23.8 Å². The maximum Gasteiger partial charge on any atom is 0.306 e. The summed E-state index contributed by atoms with van der Waals surface area (Å²) < 4.78 is 17.3. The average molecular weight is 731 g/mol. The van der Waals surface area contributed by atoms with Crippen LogP contribution in [0.5, 0.6) is 0 Å². The van der Waals surface area contributed by atoms with E-state index in [-0.39, 0.29) is 25.2 Å². The van der Waals surface area contributed by atoms with E-state index in [1.54, 1.807) is 0 Å². The van der Waals surface area contributed by atoms with Gasteiger partial charge >= 0.3 is 11.9 Å². The van der Waals surface area contributed by atoms with Crippen LogP contribution in [0.2, 0.25) is 0 Å². The lowest BCUT2D eigenvalue weighted by Crippen LogP contribution is -2.30. The summed E-state index contributed by atoms with van der Waals surface area (Å²) >= 11 is 0. The van der Waals surface area contributed by atoms with Crippen molar-refractivity contribution in [3.63, 3.8) is 0 Å². The van der Waals surface area contributed by atoms with Crippen molar-refractivity contribution >= 4 is 11.9 Å². The maximum atomic E-state index is 12.7. The Labute approximate surface area is 323 Å². The number of hydrogen-bond donors (Lipinski definition) is 0. The lowest BCUT2D eigenvalue weighted by Gasteiger charge is -2.18. The fourth-order valence-corrected chi connectivity index (χ4v) is 6.23. The van der Waals surface area contributed by atoms with E-state index in [1.807, 2.05) is 0 Å². The Hall–Kier alpha value is -1.88. The number of allylic oxidation sites excluding steroid dienone is 6. The van der Waals surface area contributed by atoms with Crippen molar-refractivity contribution in [2.24, 2.45) is 0 Å². The van der Waals surface area contributed by atoms with Crippen LogP contribution in [0.1, 0.15) is 226 Å². The van der Waals surface area contributed by atoms with Crippen LogP contribution in [0.15, 0.2) is 36.5 Å². The van der Waals surface area contributed by atoms with Crippen LogP contribution in [0, 0.1) is 0 Å². The summed E-state index contributed by atoms with van der Waals surface area (Å²) in [6.07, 6.45) is 49.9. The first-order valence-corrected chi connectivity index (χ1v) is 22.5. The molecule has 0 saturated heterocycles. The van der Waals surface area contributed by atoms with Gasteiger partial charge in [0.05, 0.1) is 6.61 Å². The smallest absolute Gasteiger partial charge is 0.306 e. The van der Waals surface area contributed by atoms with Crippen LogP contribution in [0.4, 0.5) is 0 Å². The number of rotatable bonds is 41. The quantitative estimate of drug-likeness (QED) is 0.0356. The third-order valence-corrected chi connectivity index (χ3v) is 9.63. The number of esters is 2. The molecule has 0 N–H and O–H groups in total. The molecule has 1 unspecified atom stereocenters. The summed E-state index contributed by atoms with van der Waals surface area (Å²) in [5.41, 5.74) is 0. The highest BCUT2D eigenvalue weighted by atomic mass is 16.6. The van der Waals surface area contributed by atoms with E-state index in [0.29, 0.717) is 19.4 Å². The molecule has 0 bridgehead atoms. The molecular weight excluding hydrogens is 645 g/mol. The van der Waals surface area contributed by atoms with Gasteiger partial charge in [0.2, 0.25) is 0 Å². The second-order valence-corrected chi connectivity index (χ2v) is 15.0.